The maximum Gasteiger partial charge on any atom is 0.144 e. The van der Waals surface area contributed by atoms with E-state index in [2.05, 4.69) is 41.7 Å². The number of carbonyl (C=O) groups is 1. The second-order valence-corrected chi connectivity index (χ2v) is 6.61. The van der Waals surface area contributed by atoms with Crippen molar-refractivity contribution in [3.63, 3.8) is 0 Å². The van der Waals surface area contributed by atoms with Crippen LogP contribution in [0.25, 0.3) is 0 Å². The monoisotopic (exact) mass is 325 g/mol. The topological polar surface area (TPSA) is 20.3 Å². The van der Waals surface area contributed by atoms with Gasteiger partial charge in [0.05, 0.1) is 5.92 Å². The van der Waals surface area contributed by atoms with E-state index in [4.69, 9.17) is 0 Å². The molecule has 0 aliphatic heterocycles. The molecular formula is C16H24BrNO. The quantitative estimate of drug-likeness (QED) is 0.784. The Bertz CT molecular complexity index is 411. The lowest BCUT2D eigenvalue weighted by molar-refractivity contribution is -0.123. The minimum atomic E-state index is -0.0412. The van der Waals surface area contributed by atoms with Crippen LogP contribution in [0.5, 0.6) is 0 Å². The SMILES string of the molecule is CC(C)C(=O)[C@H](CN(C)C(C)C)c1ccc(Br)cc1. The van der Waals surface area contributed by atoms with E-state index in [0.29, 0.717) is 11.8 Å². The predicted octanol–water partition coefficient (Wildman–Crippen LogP) is 4.10. The smallest absolute Gasteiger partial charge is 0.144 e. The molecule has 1 aromatic rings. The van der Waals surface area contributed by atoms with Gasteiger partial charge >= 0.3 is 0 Å². The lowest BCUT2D eigenvalue weighted by Gasteiger charge is -2.27. The first kappa shape index (κ1) is 16.4. The van der Waals surface area contributed by atoms with E-state index >= 15 is 0 Å². The van der Waals surface area contributed by atoms with Crippen molar-refractivity contribution in [1.29, 1.82) is 0 Å². The first-order valence-corrected chi connectivity index (χ1v) is 7.61. The molecule has 1 rings (SSSR count). The normalized spacial score (nSPS) is 13.3. The third-order valence-electron chi connectivity index (χ3n) is 3.54. The highest BCUT2D eigenvalue weighted by atomic mass is 79.9. The van der Waals surface area contributed by atoms with Crippen molar-refractivity contribution < 1.29 is 4.79 Å². The zero-order valence-corrected chi connectivity index (χ0v) is 14.1. The Kier molecular flexibility index (Phi) is 6.21. The van der Waals surface area contributed by atoms with Crippen molar-refractivity contribution in [2.75, 3.05) is 13.6 Å². The molecule has 0 N–H and O–H groups in total. The van der Waals surface area contributed by atoms with Gasteiger partial charge in [-0.3, -0.25) is 4.79 Å². The number of hydrogen-bond donors (Lipinski definition) is 0. The molecule has 1 atom stereocenters. The van der Waals surface area contributed by atoms with Gasteiger partial charge in [0.2, 0.25) is 0 Å². The van der Waals surface area contributed by atoms with Crippen molar-refractivity contribution in [2.24, 2.45) is 5.92 Å². The third kappa shape index (κ3) is 4.73. The summed E-state index contributed by atoms with van der Waals surface area (Å²) in [5, 5.41) is 0. The molecule has 0 radical (unpaired) electrons. The Hall–Kier alpha value is -0.670. The second-order valence-electron chi connectivity index (χ2n) is 5.69. The van der Waals surface area contributed by atoms with Crippen molar-refractivity contribution in [3.05, 3.63) is 34.3 Å². The predicted molar refractivity (Wildman–Crippen MR) is 84.5 cm³/mol. The highest BCUT2D eigenvalue weighted by Crippen LogP contribution is 2.24. The van der Waals surface area contributed by atoms with Gasteiger partial charge in [-0.1, -0.05) is 41.9 Å². The zero-order valence-electron chi connectivity index (χ0n) is 12.5. The van der Waals surface area contributed by atoms with E-state index in [1.54, 1.807) is 0 Å². The number of nitrogens with zero attached hydrogens (tertiary/aromatic N) is 1. The van der Waals surface area contributed by atoms with Gasteiger partial charge in [0.25, 0.3) is 0 Å². The van der Waals surface area contributed by atoms with Crippen LogP contribution in [0, 0.1) is 5.92 Å². The van der Waals surface area contributed by atoms with Crippen LogP contribution < -0.4 is 0 Å². The number of benzene rings is 1. The molecular weight excluding hydrogens is 302 g/mol. The Morgan fingerprint density at radius 1 is 1.16 bits per heavy atom. The Labute approximate surface area is 125 Å². The van der Waals surface area contributed by atoms with Crippen LogP contribution in [0.2, 0.25) is 0 Å². The lowest BCUT2D eigenvalue weighted by Crippen LogP contribution is -2.35. The number of hydrogen-bond acceptors (Lipinski definition) is 2. The molecule has 0 amide bonds. The summed E-state index contributed by atoms with van der Waals surface area (Å²) in [6.45, 7) is 9.03. The van der Waals surface area contributed by atoms with Crippen LogP contribution in [0.15, 0.2) is 28.7 Å². The molecule has 0 bridgehead atoms. The minimum absolute atomic E-state index is 0.0412. The summed E-state index contributed by atoms with van der Waals surface area (Å²) < 4.78 is 1.05. The largest absolute Gasteiger partial charge is 0.303 e. The van der Waals surface area contributed by atoms with Gasteiger partial charge in [0.15, 0.2) is 0 Å². The van der Waals surface area contributed by atoms with Gasteiger partial charge in [-0.25, -0.2) is 0 Å². The van der Waals surface area contributed by atoms with Gasteiger partial charge in [-0.2, -0.15) is 0 Å². The summed E-state index contributed by atoms with van der Waals surface area (Å²) in [5.41, 5.74) is 1.11. The number of carbonyl (C=O) groups excluding carboxylic acids is 1. The summed E-state index contributed by atoms with van der Waals surface area (Å²) >= 11 is 3.44. The average Bonchev–Trinajstić information content (AvgIpc) is 2.35. The first-order chi connectivity index (χ1) is 8.82. The van der Waals surface area contributed by atoms with E-state index in [0.717, 1.165) is 16.6 Å². The van der Waals surface area contributed by atoms with Gasteiger partial charge in [0, 0.05) is 23.0 Å². The number of ketones is 1. The van der Waals surface area contributed by atoms with Gasteiger partial charge in [0.1, 0.15) is 5.78 Å². The van der Waals surface area contributed by atoms with E-state index in [1.165, 1.54) is 0 Å². The fourth-order valence-corrected chi connectivity index (χ4v) is 2.22. The van der Waals surface area contributed by atoms with Gasteiger partial charge < -0.3 is 4.90 Å². The molecule has 0 fully saturated rings. The van der Waals surface area contributed by atoms with Crippen LogP contribution in [0.3, 0.4) is 0 Å². The summed E-state index contributed by atoms with van der Waals surface area (Å²) in [6, 6.07) is 8.54. The second kappa shape index (κ2) is 7.20. The van der Waals surface area contributed by atoms with Crippen molar-refractivity contribution in [2.45, 2.75) is 39.7 Å². The van der Waals surface area contributed by atoms with E-state index < -0.39 is 0 Å². The molecule has 106 valence electrons. The van der Waals surface area contributed by atoms with Crippen LogP contribution in [0.4, 0.5) is 0 Å². The van der Waals surface area contributed by atoms with Crippen molar-refractivity contribution >= 4 is 21.7 Å². The summed E-state index contributed by atoms with van der Waals surface area (Å²) in [4.78, 5) is 14.7. The lowest BCUT2D eigenvalue weighted by atomic mass is 9.88. The van der Waals surface area contributed by atoms with Crippen molar-refractivity contribution in [1.82, 2.24) is 4.90 Å². The minimum Gasteiger partial charge on any atom is -0.303 e. The highest BCUT2D eigenvalue weighted by Gasteiger charge is 2.25. The fourth-order valence-electron chi connectivity index (χ4n) is 1.96. The van der Waals surface area contributed by atoms with Gasteiger partial charge in [-0.05, 0) is 38.6 Å². The van der Waals surface area contributed by atoms with Gasteiger partial charge in [-0.15, -0.1) is 0 Å². The number of likely N-dealkylation sites (N-methyl/N-ethyl adjacent to an activating group) is 1. The Morgan fingerprint density at radius 3 is 2.11 bits per heavy atom. The highest BCUT2D eigenvalue weighted by molar-refractivity contribution is 9.10. The molecule has 0 aliphatic carbocycles. The fraction of sp³-hybridized carbons (Fsp3) is 0.562. The molecule has 0 unspecified atom stereocenters. The number of Topliss-reactive ketones (excluding diaryl/α,β-unsaturated/α-hetero) is 1. The summed E-state index contributed by atoms with van der Waals surface area (Å²) in [7, 11) is 2.07. The molecule has 0 saturated heterocycles. The molecule has 0 spiro atoms. The molecule has 0 aromatic heterocycles. The standard InChI is InChI=1S/C16H24BrNO/c1-11(2)16(19)15(10-18(5)12(3)4)13-6-8-14(17)9-7-13/h6-9,11-12,15H,10H2,1-5H3/t15-/m1/s1. The van der Waals surface area contributed by atoms with Crippen molar-refractivity contribution in [3.8, 4) is 0 Å². The summed E-state index contributed by atoms with van der Waals surface area (Å²) in [5.74, 6) is 0.338. The Morgan fingerprint density at radius 2 is 1.68 bits per heavy atom. The van der Waals surface area contributed by atoms with Crippen LogP contribution in [-0.2, 0) is 4.79 Å². The molecule has 0 aliphatic rings. The first-order valence-electron chi connectivity index (χ1n) is 6.82. The molecule has 0 saturated carbocycles. The molecule has 19 heavy (non-hydrogen) atoms. The molecule has 1 aromatic carbocycles. The van der Waals surface area contributed by atoms with E-state index in [9.17, 15) is 4.79 Å². The summed E-state index contributed by atoms with van der Waals surface area (Å²) in [6.07, 6.45) is 0. The number of halogens is 1. The molecule has 2 nitrogen and oxygen atoms in total. The molecule has 3 heteroatoms. The average molecular weight is 326 g/mol. The number of rotatable bonds is 6. The van der Waals surface area contributed by atoms with E-state index in [1.807, 2.05) is 38.1 Å². The molecule has 0 heterocycles. The maximum atomic E-state index is 12.4. The maximum absolute atomic E-state index is 12.4. The zero-order chi connectivity index (χ0) is 14.6. The van der Waals surface area contributed by atoms with Crippen LogP contribution >= 0.6 is 15.9 Å². The van der Waals surface area contributed by atoms with Crippen LogP contribution in [-0.4, -0.2) is 30.3 Å². The Balaban J connectivity index is 2.98. The third-order valence-corrected chi connectivity index (χ3v) is 4.07. The van der Waals surface area contributed by atoms with E-state index in [-0.39, 0.29) is 11.8 Å². The van der Waals surface area contributed by atoms with Crippen LogP contribution in [0.1, 0.15) is 39.2 Å².